The van der Waals surface area contributed by atoms with Crippen molar-refractivity contribution in [2.24, 2.45) is 0 Å². The van der Waals surface area contributed by atoms with Crippen LogP contribution in [-0.4, -0.2) is 26.5 Å². The summed E-state index contributed by atoms with van der Waals surface area (Å²) in [6.07, 6.45) is 0.164. The molecule has 1 unspecified atom stereocenters. The number of benzene rings is 3. The molecule has 3 aromatic rings. The molecule has 0 radical (unpaired) electrons. The third-order valence-corrected chi connectivity index (χ3v) is 7.90. The molecule has 0 amide bonds. The fourth-order valence-electron chi connectivity index (χ4n) is 4.58. The zero-order chi connectivity index (χ0) is 20.3. The van der Waals surface area contributed by atoms with Gasteiger partial charge >= 0.3 is 0 Å². The third kappa shape index (κ3) is 2.47. The second-order valence-electron chi connectivity index (χ2n) is 7.59. The monoisotopic (exact) mass is 402 g/mol. The standard InChI is InChI=1S/C24H22N2O2S/c1-16-24(25(3)17(2)26(16)19-9-5-4-6-10-19)18-13-14-23-21(15-18)20-11-7-8-12-22(20)29(23,27)28/h4-15,17H,1-3H3. The first-order chi connectivity index (χ1) is 13.9. The van der Waals surface area contributed by atoms with Gasteiger partial charge < -0.3 is 9.80 Å². The molecule has 0 fully saturated rings. The number of allylic oxidation sites excluding steroid dienone is 1. The Morgan fingerprint density at radius 1 is 0.828 bits per heavy atom. The van der Waals surface area contributed by atoms with Gasteiger partial charge in [-0.3, -0.25) is 0 Å². The van der Waals surface area contributed by atoms with Crippen LogP contribution in [-0.2, 0) is 9.84 Å². The van der Waals surface area contributed by atoms with E-state index in [1.54, 1.807) is 18.2 Å². The van der Waals surface area contributed by atoms with Crippen LogP contribution in [0.25, 0.3) is 16.8 Å². The predicted octanol–water partition coefficient (Wildman–Crippen LogP) is 4.99. The molecule has 5 heteroatoms. The molecule has 0 aliphatic carbocycles. The van der Waals surface area contributed by atoms with Crippen LogP contribution in [0.2, 0.25) is 0 Å². The molecule has 2 aliphatic rings. The molecule has 1 atom stereocenters. The van der Waals surface area contributed by atoms with Crippen LogP contribution in [0.4, 0.5) is 5.69 Å². The van der Waals surface area contributed by atoms with Crippen LogP contribution in [0.3, 0.4) is 0 Å². The van der Waals surface area contributed by atoms with Crippen molar-refractivity contribution in [3.05, 3.63) is 84.1 Å². The third-order valence-electron chi connectivity index (χ3n) is 6.03. The van der Waals surface area contributed by atoms with Crippen molar-refractivity contribution in [1.82, 2.24) is 4.90 Å². The highest BCUT2D eigenvalue weighted by Crippen LogP contribution is 2.45. The largest absolute Gasteiger partial charge is 0.352 e. The van der Waals surface area contributed by atoms with Crippen molar-refractivity contribution in [2.75, 3.05) is 11.9 Å². The molecular formula is C24H22N2O2S. The second kappa shape index (κ2) is 6.22. The summed E-state index contributed by atoms with van der Waals surface area (Å²) in [5, 5.41) is 0. The Morgan fingerprint density at radius 2 is 1.48 bits per heavy atom. The van der Waals surface area contributed by atoms with Gasteiger partial charge in [0.15, 0.2) is 0 Å². The Bertz CT molecular complexity index is 1260. The van der Waals surface area contributed by atoms with Crippen molar-refractivity contribution in [2.45, 2.75) is 29.8 Å². The normalized spacial score (nSPS) is 19.5. The van der Waals surface area contributed by atoms with E-state index in [0.29, 0.717) is 9.79 Å². The average molecular weight is 403 g/mol. The van der Waals surface area contributed by atoms with Gasteiger partial charge in [0.05, 0.1) is 15.5 Å². The highest BCUT2D eigenvalue weighted by atomic mass is 32.2. The maximum Gasteiger partial charge on any atom is 0.207 e. The fraction of sp³-hybridized carbons (Fsp3) is 0.167. The molecule has 0 aromatic heterocycles. The van der Waals surface area contributed by atoms with Crippen LogP contribution >= 0.6 is 0 Å². The lowest BCUT2D eigenvalue weighted by Crippen LogP contribution is -2.35. The van der Waals surface area contributed by atoms with E-state index < -0.39 is 9.84 Å². The number of para-hydroxylation sites is 1. The maximum atomic E-state index is 12.9. The Kier molecular flexibility index (Phi) is 3.87. The van der Waals surface area contributed by atoms with Crippen molar-refractivity contribution in [1.29, 1.82) is 0 Å². The van der Waals surface area contributed by atoms with Crippen LogP contribution in [0.1, 0.15) is 19.4 Å². The lowest BCUT2D eigenvalue weighted by atomic mass is 10.0. The summed E-state index contributed by atoms with van der Waals surface area (Å²) in [6, 6.07) is 23.3. The average Bonchev–Trinajstić information content (AvgIpc) is 3.10. The lowest BCUT2D eigenvalue weighted by molar-refractivity contribution is 0.398. The minimum absolute atomic E-state index is 0.164. The first-order valence-corrected chi connectivity index (χ1v) is 11.2. The van der Waals surface area contributed by atoms with Crippen molar-refractivity contribution >= 4 is 21.2 Å². The first kappa shape index (κ1) is 18.0. The summed E-state index contributed by atoms with van der Waals surface area (Å²) < 4.78 is 25.8. The molecule has 0 saturated heterocycles. The molecule has 5 rings (SSSR count). The van der Waals surface area contributed by atoms with Gasteiger partial charge in [0.1, 0.15) is 6.17 Å². The molecule has 0 saturated carbocycles. The van der Waals surface area contributed by atoms with Crippen molar-refractivity contribution in [3.63, 3.8) is 0 Å². The highest BCUT2D eigenvalue weighted by Gasteiger charge is 2.36. The Morgan fingerprint density at radius 3 is 2.24 bits per heavy atom. The lowest BCUT2D eigenvalue weighted by Gasteiger charge is -2.29. The summed E-state index contributed by atoms with van der Waals surface area (Å²) in [5.41, 5.74) is 6.02. The van der Waals surface area contributed by atoms with Gasteiger partial charge in [-0.2, -0.15) is 0 Å². The van der Waals surface area contributed by atoms with E-state index in [9.17, 15) is 8.42 Å². The summed E-state index contributed by atoms with van der Waals surface area (Å²) in [7, 11) is -1.35. The van der Waals surface area contributed by atoms with Gasteiger partial charge in [-0.25, -0.2) is 8.42 Å². The van der Waals surface area contributed by atoms with E-state index in [0.717, 1.165) is 33.8 Å². The quantitative estimate of drug-likeness (QED) is 0.474. The van der Waals surface area contributed by atoms with Gasteiger partial charge in [0.25, 0.3) is 0 Å². The van der Waals surface area contributed by atoms with Gasteiger partial charge in [0.2, 0.25) is 9.84 Å². The molecule has 4 nitrogen and oxygen atoms in total. The summed E-state index contributed by atoms with van der Waals surface area (Å²) >= 11 is 0. The van der Waals surface area contributed by atoms with E-state index in [1.165, 1.54) is 0 Å². The molecule has 2 aliphatic heterocycles. The molecule has 0 spiro atoms. The zero-order valence-corrected chi connectivity index (χ0v) is 17.4. The van der Waals surface area contributed by atoms with E-state index in [2.05, 4.69) is 42.8 Å². The van der Waals surface area contributed by atoms with E-state index in [-0.39, 0.29) is 6.17 Å². The number of fused-ring (bicyclic) bond motifs is 3. The molecular weight excluding hydrogens is 380 g/mol. The summed E-state index contributed by atoms with van der Waals surface area (Å²) in [6.45, 7) is 4.30. The minimum Gasteiger partial charge on any atom is -0.352 e. The van der Waals surface area contributed by atoms with E-state index >= 15 is 0 Å². The highest BCUT2D eigenvalue weighted by molar-refractivity contribution is 7.92. The van der Waals surface area contributed by atoms with Crippen LogP contribution in [0, 0.1) is 0 Å². The number of sulfone groups is 1. The Labute approximate surface area is 171 Å². The van der Waals surface area contributed by atoms with Crippen LogP contribution in [0.5, 0.6) is 0 Å². The van der Waals surface area contributed by atoms with Crippen LogP contribution < -0.4 is 4.90 Å². The number of nitrogens with zero attached hydrogens (tertiary/aromatic N) is 2. The Balaban J connectivity index is 1.68. The SMILES string of the molecule is CC1=C(c2ccc3c(c2)-c2ccccc2S3(=O)=O)N(C)C(C)N1c1ccccc1. The van der Waals surface area contributed by atoms with E-state index in [1.807, 2.05) is 42.5 Å². The molecule has 3 aromatic carbocycles. The van der Waals surface area contributed by atoms with Gasteiger partial charge in [-0.15, -0.1) is 0 Å². The van der Waals surface area contributed by atoms with Gasteiger partial charge in [-0.05, 0) is 44.2 Å². The minimum atomic E-state index is -3.44. The number of anilines is 1. The van der Waals surface area contributed by atoms with E-state index in [4.69, 9.17) is 0 Å². The fourth-order valence-corrected chi connectivity index (χ4v) is 6.25. The molecule has 0 bridgehead atoms. The molecule has 29 heavy (non-hydrogen) atoms. The van der Waals surface area contributed by atoms with Crippen molar-refractivity contribution < 1.29 is 8.42 Å². The summed E-state index contributed by atoms with van der Waals surface area (Å²) in [4.78, 5) is 5.36. The van der Waals surface area contributed by atoms with Gasteiger partial charge in [-0.1, -0.05) is 42.5 Å². The predicted molar refractivity (Wildman–Crippen MR) is 116 cm³/mol. The molecule has 2 heterocycles. The van der Waals surface area contributed by atoms with Crippen LogP contribution in [0.15, 0.2) is 88.3 Å². The molecule has 146 valence electrons. The number of hydrogen-bond acceptors (Lipinski definition) is 4. The topological polar surface area (TPSA) is 40.6 Å². The Hall–Kier alpha value is -3.05. The number of hydrogen-bond donors (Lipinski definition) is 0. The number of rotatable bonds is 2. The smallest absolute Gasteiger partial charge is 0.207 e. The second-order valence-corrected chi connectivity index (χ2v) is 9.48. The zero-order valence-electron chi connectivity index (χ0n) is 16.6. The summed E-state index contributed by atoms with van der Waals surface area (Å²) in [5.74, 6) is 0. The van der Waals surface area contributed by atoms with Crippen molar-refractivity contribution in [3.8, 4) is 11.1 Å². The maximum absolute atomic E-state index is 12.9. The first-order valence-electron chi connectivity index (χ1n) is 9.68. The van der Waals surface area contributed by atoms with Gasteiger partial charge in [0, 0.05) is 35.1 Å². The molecule has 0 N–H and O–H groups in total.